The van der Waals surface area contributed by atoms with Crippen molar-refractivity contribution in [1.29, 1.82) is 0 Å². The quantitative estimate of drug-likeness (QED) is 0.912. The van der Waals surface area contributed by atoms with Gasteiger partial charge in [-0.25, -0.2) is 0 Å². The minimum atomic E-state index is -0.740. The molecular formula is C16H24N2O2. The first-order chi connectivity index (χ1) is 9.49. The summed E-state index contributed by atoms with van der Waals surface area (Å²) in [4.78, 5) is 16.2. The molecule has 3 unspecified atom stereocenters. The lowest BCUT2D eigenvalue weighted by Gasteiger charge is -2.43. The van der Waals surface area contributed by atoms with Crippen molar-refractivity contribution in [2.45, 2.75) is 31.8 Å². The van der Waals surface area contributed by atoms with Crippen molar-refractivity contribution in [2.75, 3.05) is 26.7 Å². The largest absolute Gasteiger partial charge is 0.481 e. The van der Waals surface area contributed by atoms with Crippen molar-refractivity contribution in [2.24, 2.45) is 0 Å². The van der Waals surface area contributed by atoms with Gasteiger partial charge in [-0.15, -0.1) is 0 Å². The van der Waals surface area contributed by atoms with Gasteiger partial charge in [0, 0.05) is 31.7 Å². The van der Waals surface area contributed by atoms with Crippen LogP contribution in [-0.4, -0.2) is 59.6 Å². The van der Waals surface area contributed by atoms with E-state index in [0.29, 0.717) is 18.6 Å². The molecule has 0 radical (unpaired) electrons. The molecule has 20 heavy (non-hydrogen) atoms. The normalized spacial score (nSPS) is 26.4. The molecule has 1 heterocycles. The highest BCUT2D eigenvalue weighted by Crippen LogP contribution is 2.21. The molecule has 1 N–H and O–H groups in total. The zero-order valence-corrected chi connectivity index (χ0v) is 12.5. The summed E-state index contributed by atoms with van der Waals surface area (Å²) < 4.78 is 0. The van der Waals surface area contributed by atoms with E-state index in [1.54, 1.807) is 0 Å². The third-order valence-corrected chi connectivity index (χ3v) is 4.38. The fraction of sp³-hybridized carbons (Fsp3) is 0.562. The Kier molecular flexibility index (Phi) is 4.78. The molecule has 1 aliphatic rings. The molecule has 1 aliphatic heterocycles. The van der Waals surface area contributed by atoms with Crippen molar-refractivity contribution < 1.29 is 9.90 Å². The van der Waals surface area contributed by atoms with Crippen LogP contribution in [0.4, 0.5) is 0 Å². The highest BCUT2D eigenvalue weighted by molar-refractivity contribution is 5.76. The summed E-state index contributed by atoms with van der Waals surface area (Å²) in [5.74, 6) is -1.19. The summed E-state index contributed by atoms with van der Waals surface area (Å²) in [5.41, 5.74) is 0.888. The van der Waals surface area contributed by atoms with E-state index in [4.69, 9.17) is 0 Å². The van der Waals surface area contributed by atoms with E-state index in [1.807, 2.05) is 30.3 Å². The third-order valence-electron chi connectivity index (χ3n) is 4.38. The molecule has 110 valence electrons. The van der Waals surface area contributed by atoms with Crippen LogP contribution in [0.15, 0.2) is 30.3 Å². The zero-order chi connectivity index (χ0) is 14.7. The molecule has 0 amide bonds. The smallest absolute Gasteiger partial charge is 0.312 e. The van der Waals surface area contributed by atoms with Crippen LogP contribution in [0, 0.1) is 0 Å². The van der Waals surface area contributed by atoms with Crippen molar-refractivity contribution in [3.05, 3.63) is 35.9 Å². The highest BCUT2D eigenvalue weighted by Gasteiger charge is 2.30. The fourth-order valence-corrected chi connectivity index (χ4v) is 2.93. The predicted octanol–water partition coefficient (Wildman–Crippen LogP) is 1.88. The summed E-state index contributed by atoms with van der Waals surface area (Å²) in [5, 5.41) is 9.50. The topological polar surface area (TPSA) is 43.8 Å². The van der Waals surface area contributed by atoms with Crippen LogP contribution in [0.5, 0.6) is 0 Å². The van der Waals surface area contributed by atoms with Gasteiger partial charge in [0.05, 0.1) is 5.92 Å². The maximum Gasteiger partial charge on any atom is 0.312 e. The SMILES string of the molecule is CC1CN(CC(C(=O)O)c2ccccc2)CC(C)N1C. The van der Waals surface area contributed by atoms with Gasteiger partial charge in [-0.2, -0.15) is 0 Å². The molecule has 0 saturated carbocycles. The van der Waals surface area contributed by atoms with Gasteiger partial charge < -0.3 is 5.11 Å². The van der Waals surface area contributed by atoms with Crippen molar-refractivity contribution in [3.8, 4) is 0 Å². The Morgan fingerprint density at radius 1 is 1.25 bits per heavy atom. The number of nitrogens with zero attached hydrogens (tertiary/aromatic N) is 2. The molecule has 1 fully saturated rings. The van der Waals surface area contributed by atoms with Crippen molar-refractivity contribution in [3.63, 3.8) is 0 Å². The first kappa shape index (κ1) is 15.0. The molecular weight excluding hydrogens is 252 g/mol. The fourth-order valence-electron chi connectivity index (χ4n) is 2.93. The number of rotatable bonds is 4. The molecule has 2 rings (SSSR count). The number of benzene rings is 1. The van der Waals surface area contributed by atoms with Crippen LogP contribution in [0.1, 0.15) is 25.3 Å². The first-order valence-electron chi connectivity index (χ1n) is 7.21. The molecule has 0 aliphatic carbocycles. The summed E-state index contributed by atoms with van der Waals surface area (Å²) >= 11 is 0. The van der Waals surface area contributed by atoms with Gasteiger partial charge in [0.25, 0.3) is 0 Å². The minimum absolute atomic E-state index is 0.445. The molecule has 0 aromatic heterocycles. The second kappa shape index (κ2) is 6.37. The summed E-state index contributed by atoms with van der Waals surface area (Å²) in [7, 11) is 2.14. The predicted molar refractivity (Wildman–Crippen MR) is 79.9 cm³/mol. The second-order valence-corrected chi connectivity index (χ2v) is 5.88. The second-order valence-electron chi connectivity index (χ2n) is 5.88. The number of carboxylic acids is 1. The first-order valence-corrected chi connectivity index (χ1v) is 7.21. The molecule has 0 spiro atoms. The summed E-state index contributed by atoms with van der Waals surface area (Å²) in [6.45, 7) is 6.83. The Bertz CT molecular complexity index is 437. The van der Waals surface area contributed by atoms with Gasteiger partial charge in [0.15, 0.2) is 0 Å². The summed E-state index contributed by atoms with van der Waals surface area (Å²) in [6.07, 6.45) is 0. The number of carbonyl (C=O) groups is 1. The van der Waals surface area contributed by atoms with E-state index in [-0.39, 0.29) is 0 Å². The van der Waals surface area contributed by atoms with Crippen LogP contribution >= 0.6 is 0 Å². The zero-order valence-electron chi connectivity index (χ0n) is 12.5. The van der Waals surface area contributed by atoms with E-state index >= 15 is 0 Å². The van der Waals surface area contributed by atoms with Gasteiger partial charge in [-0.3, -0.25) is 14.6 Å². The summed E-state index contributed by atoms with van der Waals surface area (Å²) in [6, 6.07) is 10.5. The van der Waals surface area contributed by atoms with Crippen LogP contribution in [-0.2, 0) is 4.79 Å². The molecule has 0 bridgehead atoms. The van der Waals surface area contributed by atoms with Gasteiger partial charge in [-0.1, -0.05) is 30.3 Å². The number of aliphatic carboxylic acids is 1. The van der Waals surface area contributed by atoms with Crippen LogP contribution in [0.3, 0.4) is 0 Å². The molecule has 3 atom stereocenters. The molecule has 4 nitrogen and oxygen atoms in total. The van der Waals surface area contributed by atoms with Gasteiger partial charge in [-0.05, 0) is 26.5 Å². The van der Waals surface area contributed by atoms with Gasteiger partial charge in [0.2, 0.25) is 0 Å². The molecule has 4 heteroatoms. The van der Waals surface area contributed by atoms with E-state index in [0.717, 1.165) is 18.7 Å². The maximum absolute atomic E-state index is 11.6. The average molecular weight is 276 g/mol. The maximum atomic E-state index is 11.6. The Labute approximate surface area is 121 Å². The van der Waals surface area contributed by atoms with E-state index in [1.165, 1.54) is 0 Å². The standard InChI is InChI=1S/C16H24N2O2/c1-12-9-18(10-13(2)17(12)3)11-15(16(19)20)14-7-5-4-6-8-14/h4-8,12-13,15H,9-11H2,1-3H3,(H,19,20). The van der Waals surface area contributed by atoms with E-state index in [9.17, 15) is 9.90 Å². The van der Waals surface area contributed by atoms with Crippen LogP contribution in [0.25, 0.3) is 0 Å². The molecule has 1 aromatic rings. The lowest BCUT2D eigenvalue weighted by atomic mass is 9.97. The Hall–Kier alpha value is -1.39. The third kappa shape index (κ3) is 3.38. The van der Waals surface area contributed by atoms with Gasteiger partial charge >= 0.3 is 5.97 Å². The van der Waals surface area contributed by atoms with Crippen molar-refractivity contribution >= 4 is 5.97 Å². The number of hydrogen-bond donors (Lipinski definition) is 1. The molecule has 1 saturated heterocycles. The lowest BCUT2D eigenvalue weighted by Crippen LogP contribution is -2.55. The van der Waals surface area contributed by atoms with Crippen molar-refractivity contribution in [1.82, 2.24) is 9.80 Å². The number of hydrogen-bond acceptors (Lipinski definition) is 3. The van der Waals surface area contributed by atoms with Gasteiger partial charge in [0.1, 0.15) is 0 Å². The highest BCUT2D eigenvalue weighted by atomic mass is 16.4. The Morgan fingerprint density at radius 3 is 2.30 bits per heavy atom. The number of carboxylic acid groups (broad SMARTS) is 1. The van der Waals surface area contributed by atoms with E-state index in [2.05, 4.69) is 30.7 Å². The average Bonchev–Trinajstić information content (AvgIpc) is 2.42. The monoisotopic (exact) mass is 276 g/mol. The lowest BCUT2D eigenvalue weighted by molar-refractivity contribution is -0.139. The Balaban J connectivity index is 2.08. The number of piperazine rings is 1. The number of likely N-dealkylation sites (N-methyl/N-ethyl adjacent to an activating group) is 1. The van der Waals surface area contributed by atoms with E-state index < -0.39 is 11.9 Å². The minimum Gasteiger partial charge on any atom is -0.481 e. The van der Waals surface area contributed by atoms with Crippen LogP contribution in [0.2, 0.25) is 0 Å². The Morgan fingerprint density at radius 2 is 1.80 bits per heavy atom. The molecule has 1 aromatic carbocycles. The van der Waals surface area contributed by atoms with Crippen LogP contribution < -0.4 is 0 Å².